The van der Waals surface area contributed by atoms with E-state index < -0.39 is 11.9 Å². The molecule has 0 atom stereocenters. The van der Waals surface area contributed by atoms with E-state index in [-0.39, 0.29) is 5.56 Å². The largest absolute Gasteiger partial charge is 0.435 e. The van der Waals surface area contributed by atoms with Gasteiger partial charge in [-0.1, -0.05) is 27.5 Å². The van der Waals surface area contributed by atoms with Crippen LogP contribution < -0.4 is 0 Å². The molecule has 2 aromatic rings. The molecule has 0 spiro atoms. The fourth-order valence-corrected chi connectivity index (χ4v) is 2.33. The molecule has 0 amide bonds. The van der Waals surface area contributed by atoms with Crippen LogP contribution in [0.25, 0.3) is 11.1 Å². The third-order valence-corrected chi connectivity index (χ3v) is 3.50. The Hall–Kier alpha value is -1.01. The van der Waals surface area contributed by atoms with Gasteiger partial charge in [0.25, 0.3) is 0 Å². The van der Waals surface area contributed by atoms with E-state index in [1.807, 2.05) is 0 Å². The quantitative estimate of drug-likeness (QED) is 0.742. The van der Waals surface area contributed by atoms with Crippen LogP contribution in [0.2, 0.25) is 5.02 Å². The normalized spacial score (nSPS) is 11.9. The molecule has 1 aromatic carbocycles. The van der Waals surface area contributed by atoms with Gasteiger partial charge in [0.05, 0.1) is 0 Å². The summed E-state index contributed by atoms with van der Waals surface area (Å²) in [6, 6.07) is 4.70. The average Bonchev–Trinajstić information content (AvgIpc) is 2.76. The molecule has 0 aliphatic heterocycles. The summed E-state index contributed by atoms with van der Waals surface area (Å²) in [4.78, 5) is 0. The molecule has 0 aliphatic rings. The van der Waals surface area contributed by atoms with Crippen LogP contribution in [0.1, 0.15) is 12.6 Å². The van der Waals surface area contributed by atoms with Crippen molar-refractivity contribution in [2.75, 3.05) is 0 Å². The molecule has 0 N–H and O–H groups in total. The number of nitrogens with zero attached hydrogens (tertiary/aromatic N) is 2. The second kappa shape index (κ2) is 5.17. The number of benzene rings is 1. The van der Waals surface area contributed by atoms with Gasteiger partial charge in [0, 0.05) is 33.4 Å². The SMILES string of the molecule is CCn1cc(-c2cc(Cl)ccc2Br)c(C(F)(F)F)n1. The van der Waals surface area contributed by atoms with Crippen LogP contribution >= 0.6 is 27.5 Å². The van der Waals surface area contributed by atoms with Gasteiger partial charge in [0.1, 0.15) is 0 Å². The first-order chi connectivity index (χ1) is 8.82. The van der Waals surface area contributed by atoms with Crippen molar-refractivity contribution in [2.45, 2.75) is 19.6 Å². The van der Waals surface area contributed by atoms with Crippen LogP contribution in [-0.4, -0.2) is 9.78 Å². The Morgan fingerprint density at radius 1 is 1.32 bits per heavy atom. The summed E-state index contributed by atoms with van der Waals surface area (Å²) in [5, 5.41) is 3.95. The number of hydrogen-bond donors (Lipinski definition) is 0. The summed E-state index contributed by atoms with van der Waals surface area (Å²) in [7, 11) is 0. The van der Waals surface area contributed by atoms with Crippen molar-refractivity contribution in [3.05, 3.63) is 39.6 Å². The first-order valence-corrected chi connectivity index (χ1v) is 6.60. The fraction of sp³-hybridized carbons (Fsp3) is 0.250. The van der Waals surface area contributed by atoms with E-state index in [1.165, 1.54) is 16.9 Å². The minimum atomic E-state index is -4.50. The van der Waals surface area contributed by atoms with Crippen LogP contribution in [-0.2, 0) is 12.7 Å². The molecule has 0 saturated heterocycles. The van der Waals surface area contributed by atoms with Crippen LogP contribution in [0, 0.1) is 0 Å². The highest BCUT2D eigenvalue weighted by atomic mass is 79.9. The monoisotopic (exact) mass is 352 g/mol. The zero-order valence-electron chi connectivity index (χ0n) is 9.80. The Labute approximate surface area is 121 Å². The Morgan fingerprint density at radius 3 is 2.58 bits per heavy atom. The highest BCUT2D eigenvalue weighted by Crippen LogP contribution is 2.39. The van der Waals surface area contributed by atoms with Gasteiger partial charge in [-0.2, -0.15) is 18.3 Å². The van der Waals surface area contributed by atoms with Crippen molar-refractivity contribution in [1.82, 2.24) is 9.78 Å². The molecule has 0 aliphatic carbocycles. The molecule has 1 heterocycles. The van der Waals surface area contributed by atoms with Crippen molar-refractivity contribution in [2.24, 2.45) is 0 Å². The molecule has 0 bridgehead atoms. The van der Waals surface area contributed by atoms with Gasteiger partial charge in [0.2, 0.25) is 0 Å². The van der Waals surface area contributed by atoms with Crippen LogP contribution in [0.4, 0.5) is 13.2 Å². The highest BCUT2D eigenvalue weighted by Gasteiger charge is 2.37. The topological polar surface area (TPSA) is 17.8 Å². The molecule has 0 saturated carbocycles. The Morgan fingerprint density at radius 2 is 2.00 bits per heavy atom. The van der Waals surface area contributed by atoms with Gasteiger partial charge in [-0.15, -0.1) is 0 Å². The van der Waals surface area contributed by atoms with Crippen LogP contribution in [0.5, 0.6) is 0 Å². The van der Waals surface area contributed by atoms with Crippen LogP contribution in [0.3, 0.4) is 0 Å². The molecule has 1 aromatic heterocycles. The number of aromatic nitrogens is 2. The molecular formula is C12H9BrClF3N2. The van der Waals surface area contributed by atoms with Crippen molar-refractivity contribution in [1.29, 1.82) is 0 Å². The number of rotatable bonds is 2. The third-order valence-electron chi connectivity index (χ3n) is 2.57. The van der Waals surface area contributed by atoms with Crippen molar-refractivity contribution < 1.29 is 13.2 Å². The maximum absolute atomic E-state index is 13.0. The predicted octanol–water partition coefficient (Wildman–Crippen LogP) is 5.00. The fourth-order valence-electron chi connectivity index (χ4n) is 1.69. The summed E-state index contributed by atoms with van der Waals surface area (Å²) in [5.74, 6) is 0. The highest BCUT2D eigenvalue weighted by molar-refractivity contribution is 9.10. The molecule has 19 heavy (non-hydrogen) atoms. The van der Waals surface area contributed by atoms with E-state index in [1.54, 1.807) is 19.1 Å². The van der Waals surface area contributed by atoms with E-state index >= 15 is 0 Å². The number of hydrogen-bond acceptors (Lipinski definition) is 1. The smallest absolute Gasteiger partial charge is 0.272 e. The Kier molecular flexibility index (Phi) is 3.92. The lowest BCUT2D eigenvalue weighted by Crippen LogP contribution is -2.08. The molecule has 0 fully saturated rings. The summed E-state index contributed by atoms with van der Waals surface area (Å²) < 4.78 is 40.8. The first-order valence-electron chi connectivity index (χ1n) is 5.43. The van der Waals surface area contributed by atoms with Gasteiger partial charge < -0.3 is 0 Å². The summed E-state index contributed by atoms with van der Waals surface area (Å²) in [5.41, 5.74) is -0.513. The maximum Gasteiger partial charge on any atom is 0.435 e. The van der Waals surface area contributed by atoms with E-state index in [4.69, 9.17) is 11.6 Å². The lowest BCUT2D eigenvalue weighted by atomic mass is 10.1. The summed E-state index contributed by atoms with van der Waals surface area (Å²) in [6.45, 7) is 2.09. The van der Waals surface area contributed by atoms with E-state index in [0.717, 1.165) is 0 Å². The maximum atomic E-state index is 13.0. The lowest BCUT2D eigenvalue weighted by molar-refractivity contribution is -0.141. The molecule has 7 heteroatoms. The molecule has 0 radical (unpaired) electrons. The van der Waals surface area contributed by atoms with E-state index in [2.05, 4.69) is 21.0 Å². The molecular weight excluding hydrogens is 344 g/mol. The zero-order valence-corrected chi connectivity index (χ0v) is 12.1. The Bertz CT molecular complexity index is 608. The van der Waals surface area contributed by atoms with E-state index in [0.29, 0.717) is 21.6 Å². The standard InChI is InChI=1S/C12H9BrClF3N2/c1-2-19-6-9(11(18-19)12(15,16)17)8-5-7(14)3-4-10(8)13/h3-6H,2H2,1H3. The zero-order chi connectivity index (χ0) is 14.2. The minimum Gasteiger partial charge on any atom is -0.272 e. The van der Waals surface area contributed by atoms with E-state index in [9.17, 15) is 13.2 Å². The second-order valence-corrected chi connectivity index (χ2v) is 5.16. The number of halogens is 5. The van der Waals surface area contributed by atoms with Crippen molar-refractivity contribution in [3.8, 4) is 11.1 Å². The average molecular weight is 354 g/mol. The van der Waals surface area contributed by atoms with Gasteiger partial charge in [-0.05, 0) is 25.1 Å². The molecule has 2 rings (SSSR count). The second-order valence-electron chi connectivity index (χ2n) is 3.87. The first kappa shape index (κ1) is 14.4. The van der Waals surface area contributed by atoms with Crippen LogP contribution in [0.15, 0.2) is 28.9 Å². The van der Waals surface area contributed by atoms with Gasteiger partial charge in [0.15, 0.2) is 5.69 Å². The molecule has 2 nitrogen and oxygen atoms in total. The minimum absolute atomic E-state index is 0.0173. The molecule has 0 unspecified atom stereocenters. The van der Waals surface area contributed by atoms with Gasteiger partial charge in [-0.25, -0.2) is 0 Å². The number of aryl methyl sites for hydroxylation is 1. The van der Waals surface area contributed by atoms with Gasteiger partial charge >= 0.3 is 6.18 Å². The summed E-state index contributed by atoms with van der Waals surface area (Å²) in [6.07, 6.45) is -3.13. The number of alkyl halides is 3. The lowest BCUT2D eigenvalue weighted by Gasteiger charge is -2.08. The molecule has 102 valence electrons. The Balaban J connectivity index is 2.67. The predicted molar refractivity (Wildman–Crippen MR) is 71.0 cm³/mol. The summed E-state index contributed by atoms with van der Waals surface area (Å²) >= 11 is 9.08. The third kappa shape index (κ3) is 2.95. The van der Waals surface area contributed by atoms with Crippen molar-refractivity contribution >= 4 is 27.5 Å². The van der Waals surface area contributed by atoms with Crippen molar-refractivity contribution in [3.63, 3.8) is 0 Å². The van der Waals surface area contributed by atoms with Gasteiger partial charge in [-0.3, -0.25) is 4.68 Å².